The van der Waals surface area contributed by atoms with E-state index in [4.69, 9.17) is 0 Å². The van der Waals surface area contributed by atoms with Crippen LogP contribution < -0.4 is 0 Å². The molecule has 0 aromatic carbocycles. The molecule has 0 unspecified atom stereocenters. The van der Waals surface area contributed by atoms with Crippen molar-refractivity contribution >= 4 is 0 Å². The lowest BCUT2D eigenvalue weighted by molar-refractivity contribution is 0.161. The van der Waals surface area contributed by atoms with Gasteiger partial charge < -0.3 is 5.11 Å². The van der Waals surface area contributed by atoms with Crippen LogP contribution in [0.4, 0.5) is 0 Å². The van der Waals surface area contributed by atoms with Gasteiger partial charge in [0.15, 0.2) is 0 Å². The lowest BCUT2D eigenvalue weighted by Gasteiger charge is -2.32. The second-order valence-electron chi connectivity index (χ2n) is 5.78. The first-order chi connectivity index (χ1) is 6.66. The number of aliphatic hydroxyl groups is 1. The summed E-state index contributed by atoms with van der Waals surface area (Å²) in [5.74, 6) is 3.41. The van der Waals surface area contributed by atoms with Crippen LogP contribution in [0.3, 0.4) is 0 Å². The van der Waals surface area contributed by atoms with Crippen molar-refractivity contribution in [3.63, 3.8) is 0 Å². The summed E-state index contributed by atoms with van der Waals surface area (Å²) in [6.07, 6.45) is 7.91. The van der Waals surface area contributed by atoms with E-state index >= 15 is 0 Å². The fourth-order valence-corrected chi connectivity index (χ4v) is 3.47. The van der Waals surface area contributed by atoms with Crippen molar-refractivity contribution < 1.29 is 5.11 Å². The predicted molar refractivity (Wildman–Crippen MR) is 59.0 cm³/mol. The number of rotatable bonds is 3. The van der Waals surface area contributed by atoms with Gasteiger partial charge in [-0.25, -0.2) is 0 Å². The Bertz CT molecular complexity index is 186. The molecule has 0 saturated heterocycles. The fraction of sp³-hybridized carbons (Fsp3) is 1.00. The van der Waals surface area contributed by atoms with Gasteiger partial charge in [-0.1, -0.05) is 33.1 Å². The minimum Gasteiger partial charge on any atom is -0.393 e. The molecule has 0 amide bonds. The lowest BCUT2D eigenvalue weighted by atomic mass is 9.74. The third-order valence-corrected chi connectivity index (χ3v) is 4.58. The molecule has 2 rings (SSSR count). The predicted octanol–water partition coefficient (Wildman–Crippen LogP) is 3.22. The highest BCUT2D eigenvalue weighted by Crippen LogP contribution is 2.42. The highest BCUT2D eigenvalue weighted by molar-refractivity contribution is 4.85. The van der Waals surface area contributed by atoms with Gasteiger partial charge in [-0.3, -0.25) is 0 Å². The van der Waals surface area contributed by atoms with Gasteiger partial charge in [0.2, 0.25) is 0 Å². The topological polar surface area (TPSA) is 20.2 Å². The molecular weight excluding hydrogens is 172 g/mol. The molecule has 2 saturated carbocycles. The third kappa shape index (κ3) is 2.13. The Morgan fingerprint density at radius 3 is 2.43 bits per heavy atom. The summed E-state index contributed by atoms with van der Waals surface area (Å²) in [4.78, 5) is 0. The maximum atomic E-state index is 9.62. The maximum Gasteiger partial charge on any atom is 0.0545 e. The Morgan fingerprint density at radius 1 is 1.29 bits per heavy atom. The number of aliphatic hydroxyl groups excluding tert-OH is 1. The van der Waals surface area contributed by atoms with Crippen molar-refractivity contribution in [1.82, 2.24) is 0 Å². The van der Waals surface area contributed by atoms with Crippen LogP contribution in [-0.2, 0) is 0 Å². The molecule has 1 heteroatoms. The molecule has 2 aliphatic rings. The minimum absolute atomic E-state index is 0.00107. The fourth-order valence-electron chi connectivity index (χ4n) is 3.47. The molecule has 0 heterocycles. The molecule has 1 N–H and O–H groups in total. The summed E-state index contributed by atoms with van der Waals surface area (Å²) in [6.45, 7) is 4.72. The van der Waals surface area contributed by atoms with Gasteiger partial charge in [0.1, 0.15) is 0 Å². The third-order valence-electron chi connectivity index (χ3n) is 4.58. The Kier molecular flexibility index (Phi) is 3.16. The van der Waals surface area contributed by atoms with Gasteiger partial charge in [0, 0.05) is 0 Å². The molecule has 2 aliphatic carbocycles. The lowest BCUT2D eigenvalue weighted by Crippen LogP contribution is -2.21. The quantitative estimate of drug-likeness (QED) is 0.735. The van der Waals surface area contributed by atoms with Crippen LogP contribution >= 0.6 is 0 Å². The van der Waals surface area contributed by atoms with Crippen molar-refractivity contribution in [3.8, 4) is 0 Å². The molecule has 0 bridgehead atoms. The summed E-state index contributed by atoms with van der Waals surface area (Å²) in [7, 11) is 0. The van der Waals surface area contributed by atoms with Crippen molar-refractivity contribution in [2.45, 2.75) is 58.5 Å². The van der Waals surface area contributed by atoms with Crippen molar-refractivity contribution in [2.75, 3.05) is 0 Å². The van der Waals surface area contributed by atoms with Crippen LogP contribution in [0.15, 0.2) is 0 Å². The molecule has 2 fully saturated rings. The maximum absolute atomic E-state index is 9.62. The van der Waals surface area contributed by atoms with Crippen molar-refractivity contribution in [2.24, 2.45) is 23.7 Å². The second-order valence-corrected chi connectivity index (χ2v) is 5.78. The van der Waals surface area contributed by atoms with E-state index in [-0.39, 0.29) is 6.10 Å². The highest BCUT2D eigenvalue weighted by atomic mass is 16.3. The average Bonchev–Trinajstić information content (AvgIpc) is 2.37. The van der Waals surface area contributed by atoms with Crippen LogP contribution in [-0.4, -0.2) is 11.2 Å². The normalized spacial score (nSPS) is 40.9. The Balaban J connectivity index is 1.81. The summed E-state index contributed by atoms with van der Waals surface area (Å²) in [5.41, 5.74) is 0. The van der Waals surface area contributed by atoms with Gasteiger partial charge in [0.25, 0.3) is 0 Å². The van der Waals surface area contributed by atoms with E-state index in [1.165, 1.54) is 25.7 Å². The van der Waals surface area contributed by atoms with E-state index in [2.05, 4.69) is 13.8 Å². The summed E-state index contributed by atoms with van der Waals surface area (Å²) in [5, 5.41) is 9.62. The molecule has 0 aromatic rings. The smallest absolute Gasteiger partial charge is 0.0545 e. The SMILES string of the molecule is C[C@@H]1C[C@H](O)C[C@@H]1[C@@H](C)CC1CCC1. The van der Waals surface area contributed by atoms with Gasteiger partial charge in [0.05, 0.1) is 6.10 Å². The highest BCUT2D eigenvalue weighted by Gasteiger charge is 2.35. The van der Waals surface area contributed by atoms with Crippen LogP contribution in [0, 0.1) is 23.7 Å². The first-order valence-corrected chi connectivity index (χ1v) is 6.35. The monoisotopic (exact) mass is 196 g/mol. The summed E-state index contributed by atoms with van der Waals surface area (Å²) in [6, 6.07) is 0. The summed E-state index contributed by atoms with van der Waals surface area (Å²) >= 11 is 0. The molecule has 4 atom stereocenters. The molecule has 0 aromatic heterocycles. The standard InChI is InChI=1S/C13H24O/c1-9(6-11-4-3-5-11)13-8-12(14)7-10(13)2/h9-14H,3-8H2,1-2H3/t9-,10+,12-,13+/m0/s1. The summed E-state index contributed by atoms with van der Waals surface area (Å²) < 4.78 is 0. The van der Waals surface area contributed by atoms with Crippen LogP contribution in [0.5, 0.6) is 0 Å². The van der Waals surface area contributed by atoms with E-state index in [1.807, 2.05) is 0 Å². The van der Waals surface area contributed by atoms with Gasteiger partial charge in [-0.05, 0) is 42.9 Å². The molecule has 0 aliphatic heterocycles. The molecule has 14 heavy (non-hydrogen) atoms. The van der Waals surface area contributed by atoms with Crippen LogP contribution in [0.1, 0.15) is 52.4 Å². The molecule has 82 valence electrons. The molecule has 1 nitrogen and oxygen atoms in total. The van der Waals surface area contributed by atoms with Crippen molar-refractivity contribution in [3.05, 3.63) is 0 Å². The first-order valence-electron chi connectivity index (χ1n) is 6.35. The zero-order valence-electron chi connectivity index (χ0n) is 9.58. The first kappa shape index (κ1) is 10.5. The minimum atomic E-state index is -0.00107. The van der Waals surface area contributed by atoms with Gasteiger partial charge in [-0.15, -0.1) is 0 Å². The zero-order chi connectivity index (χ0) is 10.1. The van der Waals surface area contributed by atoms with Crippen LogP contribution in [0.25, 0.3) is 0 Å². The Morgan fingerprint density at radius 2 is 2.00 bits per heavy atom. The van der Waals surface area contributed by atoms with Crippen molar-refractivity contribution in [1.29, 1.82) is 0 Å². The van der Waals surface area contributed by atoms with Crippen LogP contribution in [0.2, 0.25) is 0 Å². The number of hydrogen-bond donors (Lipinski definition) is 1. The average molecular weight is 196 g/mol. The zero-order valence-corrected chi connectivity index (χ0v) is 9.58. The molecular formula is C13H24O. The van der Waals surface area contributed by atoms with E-state index in [0.717, 1.165) is 36.5 Å². The van der Waals surface area contributed by atoms with E-state index in [9.17, 15) is 5.11 Å². The van der Waals surface area contributed by atoms with Gasteiger partial charge >= 0.3 is 0 Å². The Labute approximate surface area is 87.9 Å². The van der Waals surface area contributed by atoms with E-state index in [0.29, 0.717) is 0 Å². The van der Waals surface area contributed by atoms with Gasteiger partial charge in [-0.2, -0.15) is 0 Å². The van der Waals surface area contributed by atoms with E-state index in [1.54, 1.807) is 0 Å². The Hall–Kier alpha value is -0.0400. The number of hydrogen-bond acceptors (Lipinski definition) is 1. The second kappa shape index (κ2) is 4.22. The van der Waals surface area contributed by atoms with E-state index < -0.39 is 0 Å². The molecule has 0 spiro atoms. The molecule has 0 radical (unpaired) electrons. The largest absolute Gasteiger partial charge is 0.393 e.